The maximum absolute atomic E-state index is 12.4. The van der Waals surface area contributed by atoms with Crippen LogP contribution in [-0.4, -0.2) is 50.6 Å². The number of nitrogens with zero attached hydrogens (tertiary/aromatic N) is 4. The van der Waals surface area contributed by atoms with Gasteiger partial charge in [0.1, 0.15) is 11.3 Å². The standard InChI is InChI=1S/C29H36N6O2/c1-19(2)35-18-21(27(36)32-28(35)37)17-33-13-15-34(16-14-33)24-8-6-7-23-25(24)31-26(30-23)20-9-11-22(12-10-20)29(3,4)5/h6-12,18-19H,13-17H2,1-5H3,(H,30,31)(H,32,36,37). The number of benzene rings is 2. The maximum Gasteiger partial charge on any atom is 0.328 e. The van der Waals surface area contributed by atoms with Gasteiger partial charge < -0.3 is 9.88 Å². The van der Waals surface area contributed by atoms with Crippen molar-refractivity contribution >= 4 is 16.7 Å². The SMILES string of the molecule is CC(C)n1cc(CN2CCN(c3cccc4[nH]c(-c5ccc(C(C)(C)C)cc5)nc34)CC2)c(=O)[nH]c1=O. The minimum Gasteiger partial charge on any atom is -0.367 e. The summed E-state index contributed by atoms with van der Waals surface area (Å²) in [6.45, 7) is 14.4. The van der Waals surface area contributed by atoms with Gasteiger partial charge in [0.05, 0.1) is 11.2 Å². The van der Waals surface area contributed by atoms with Crippen LogP contribution >= 0.6 is 0 Å². The van der Waals surface area contributed by atoms with E-state index in [2.05, 4.69) is 83.0 Å². The lowest BCUT2D eigenvalue weighted by molar-refractivity contribution is 0.248. The zero-order valence-corrected chi connectivity index (χ0v) is 22.3. The molecule has 8 heteroatoms. The molecule has 2 N–H and O–H groups in total. The highest BCUT2D eigenvalue weighted by Crippen LogP contribution is 2.30. The van der Waals surface area contributed by atoms with E-state index in [4.69, 9.17) is 4.98 Å². The Balaban J connectivity index is 1.32. The van der Waals surface area contributed by atoms with Crippen LogP contribution in [0.1, 0.15) is 51.8 Å². The van der Waals surface area contributed by atoms with Crippen molar-refractivity contribution in [1.82, 2.24) is 24.4 Å². The van der Waals surface area contributed by atoms with Gasteiger partial charge in [0.15, 0.2) is 0 Å². The minimum absolute atomic E-state index is 0.00407. The van der Waals surface area contributed by atoms with Gasteiger partial charge in [-0.2, -0.15) is 0 Å². The number of piperazine rings is 1. The molecule has 1 fully saturated rings. The number of hydrogen-bond acceptors (Lipinski definition) is 5. The first-order chi connectivity index (χ1) is 17.6. The summed E-state index contributed by atoms with van der Waals surface area (Å²) in [7, 11) is 0. The van der Waals surface area contributed by atoms with Gasteiger partial charge in [-0.3, -0.25) is 19.2 Å². The van der Waals surface area contributed by atoms with Crippen LogP contribution in [0.5, 0.6) is 0 Å². The molecule has 5 rings (SSSR count). The second-order valence-corrected chi connectivity index (χ2v) is 11.3. The molecule has 1 aliphatic rings. The predicted octanol–water partition coefficient (Wildman–Crippen LogP) is 4.28. The van der Waals surface area contributed by atoms with Gasteiger partial charge in [0.25, 0.3) is 5.56 Å². The molecule has 37 heavy (non-hydrogen) atoms. The zero-order valence-electron chi connectivity index (χ0n) is 22.3. The zero-order chi connectivity index (χ0) is 26.3. The van der Waals surface area contributed by atoms with Gasteiger partial charge in [-0.1, -0.05) is 51.1 Å². The molecule has 8 nitrogen and oxygen atoms in total. The molecule has 3 heterocycles. The summed E-state index contributed by atoms with van der Waals surface area (Å²) in [6, 6.07) is 14.9. The summed E-state index contributed by atoms with van der Waals surface area (Å²) in [5.41, 5.74) is 5.59. The molecule has 0 amide bonds. The predicted molar refractivity (Wildman–Crippen MR) is 149 cm³/mol. The highest BCUT2D eigenvalue weighted by Gasteiger charge is 2.22. The third kappa shape index (κ3) is 5.11. The molecule has 0 saturated carbocycles. The fourth-order valence-electron chi connectivity index (χ4n) is 4.95. The number of hydrogen-bond donors (Lipinski definition) is 2. The molecular formula is C29H36N6O2. The largest absolute Gasteiger partial charge is 0.367 e. The summed E-state index contributed by atoms with van der Waals surface area (Å²) in [5.74, 6) is 0.876. The molecule has 0 unspecified atom stereocenters. The first-order valence-electron chi connectivity index (χ1n) is 13.0. The number of imidazole rings is 1. The van der Waals surface area contributed by atoms with Gasteiger partial charge in [-0.15, -0.1) is 0 Å². The quantitative estimate of drug-likeness (QED) is 0.427. The molecule has 4 aromatic rings. The Labute approximate surface area is 217 Å². The molecular weight excluding hydrogens is 464 g/mol. The van der Waals surface area contributed by atoms with E-state index in [9.17, 15) is 9.59 Å². The third-order valence-electron chi connectivity index (χ3n) is 7.22. The third-order valence-corrected chi connectivity index (χ3v) is 7.22. The van der Waals surface area contributed by atoms with Crippen molar-refractivity contribution in [2.45, 2.75) is 52.6 Å². The normalized spacial score (nSPS) is 15.1. The van der Waals surface area contributed by atoms with E-state index in [1.807, 2.05) is 13.8 Å². The molecule has 0 bridgehead atoms. The van der Waals surface area contributed by atoms with E-state index in [0.717, 1.165) is 54.3 Å². The molecule has 0 spiro atoms. The van der Waals surface area contributed by atoms with Gasteiger partial charge >= 0.3 is 5.69 Å². The van der Waals surface area contributed by atoms with Crippen LogP contribution in [-0.2, 0) is 12.0 Å². The average Bonchev–Trinajstić information content (AvgIpc) is 3.30. The lowest BCUT2D eigenvalue weighted by atomic mass is 9.87. The highest BCUT2D eigenvalue weighted by atomic mass is 16.2. The molecule has 1 saturated heterocycles. The lowest BCUT2D eigenvalue weighted by Crippen LogP contribution is -2.47. The molecule has 2 aromatic carbocycles. The molecule has 2 aromatic heterocycles. The number of nitrogens with one attached hydrogen (secondary N) is 2. The average molecular weight is 501 g/mol. The fourth-order valence-corrected chi connectivity index (χ4v) is 4.95. The Kier molecular flexibility index (Phi) is 6.54. The summed E-state index contributed by atoms with van der Waals surface area (Å²) >= 11 is 0. The van der Waals surface area contributed by atoms with E-state index in [1.54, 1.807) is 10.8 Å². The van der Waals surface area contributed by atoms with Crippen LogP contribution in [0.3, 0.4) is 0 Å². The molecule has 0 radical (unpaired) electrons. The van der Waals surface area contributed by atoms with Crippen molar-refractivity contribution < 1.29 is 0 Å². The van der Waals surface area contributed by atoms with Crippen LogP contribution in [0.2, 0.25) is 0 Å². The summed E-state index contributed by atoms with van der Waals surface area (Å²) in [6.07, 6.45) is 1.71. The maximum atomic E-state index is 12.4. The first-order valence-corrected chi connectivity index (χ1v) is 13.0. The van der Waals surface area contributed by atoms with Crippen molar-refractivity contribution in [1.29, 1.82) is 0 Å². The lowest BCUT2D eigenvalue weighted by Gasteiger charge is -2.36. The number of aromatic nitrogens is 4. The number of anilines is 1. The van der Waals surface area contributed by atoms with Crippen LogP contribution in [0.4, 0.5) is 5.69 Å². The second kappa shape index (κ2) is 9.67. The molecule has 1 aliphatic heterocycles. The monoisotopic (exact) mass is 500 g/mol. The first kappa shape index (κ1) is 25.0. The Bertz CT molecular complexity index is 1510. The van der Waals surface area contributed by atoms with Crippen LogP contribution in [0.15, 0.2) is 58.3 Å². The van der Waals surface area contributed by atoms with Gasteiger partial charge in [0, 0.05) is 56.1 Å². The summed E-state index contributed by atoms with van der Waals surface area (Å²) in [4.78, 5) is 40.0. The Morgan fingerprint density at radius 2 is 1.65 bits per heavy atom. The summed E-state index contributed by atoms with van der Waals surface area (Å²) in [5, 5.41) is 0. The van der Waals surface area contributed by atoms with Crippen molar-refractivity contribution in [3.8, 4) is 11.4 Å². The van der Waals surface area contributed by atoms with Crippen LogP contribution < -0.4 is 16.1 Å². The number of para-hydroxylation sites is 1. The number of fused-ring (bicyclic) bond motifs is 1. The van der Waals surface area contributed by atoms with Gasteiger partial charge in [-0.25, -0.2) is 9.78 Å². The van der Waals surface area contributed by atoms with E-state index < -0.39 is 0 Å². The van der Waals surface area contributed by atoms with E-state index >= 15 is 0 Å². The van der Waals surface area contributed by atoms with E-state index in [-0.39, 0.29) is 22.7 Å². The van der Waals surface area contributed by atoms with Crippen LogP contribution in [0, 0.1) is 0 Å². The molecule has 0 atom stereocenters. The molecule has 0 aliphatic carbocycles. The van der Waals surface area contributed by atoms with Gasteiger partial charge in [-0.05, 0) is 37.0 Å². The van der Waals surface area contributed by atoms with E-state index in [1.165, 1.54) is 5.56 Å². The Morgan fingerprint density at radius 3 is 2.30 bits per heavy atom. The smallest absolute Gasteiger partial charge is 0.328 e. The van der Waals surface area contributed by atoms with Gasteiger partial charge in [0.2, 0.25) is 0 Å². The Hall–Kier alpha value is -3.65. The number of aromatic amines is 2. The topological polar surface area (TPSA) is 90.0 Å². The number of H-pyrrole nitrogens is 2. The van der Waals surface area contributed by atoms with Crippen molar-refractivity contribution in [3.63, 3.8) is 0 Å². The fraction of sp³-hybridized carbons (Fsp3) is 0.414. The van der Waals surface area contributed by atoms with Crippen LogP contribution in [0.25, 0.3) is 22.4 Å². The van der Waals surface area contributed by atoms with Crippen molar-refractivity contribution in [2.75, 3.05) is 31.1 Å². The number of rotatable bonds is 5. The van der Waals surface area contributed by atoms with Crippen molar-refractivity contribution in [2.24, 2.45) is 0 Å². The minimum atomic E-state index is -0.356. The summed E-state index contributed by atoms with van der Waals surface area (Å²) < 4.78 is 1.58. The van der Waals surface area contributed by atoms with E-state index in [0.29, 0.717) is 12.1 Å². The second-order valence-electron chi connectivity index (χ2n) is 11.3. The van der Waals surface area contributed by atoms with Crippen molar-refractivity contribution in [3.05, 3.63) is 80.6 Å². The molecule has 194 valence electrons. The highest BCUT2D eigenvalue weighted by molar-refractivity contribution is 5.91. The Morgan fingerprint density at radius 1 is 0.946 bits per heavy atom.